The Balaban J connectivity index is 1.69. The molecule has 0 unspecified atom stereocenters. The number of anilines is 1. The molecule has 31 heavy (non-hydrogen) atoms. The highest BCUT2D eigenvalue weighted by Gasteiger charge is 2.25. The third kappa shape index (κ3) is 4.54. The van der Waals surface area contributed by atoms with E-state index in [1.54, 1.807) is 43.0 Å². The van der Waals surface area contributed by atoms with Gasteiger partial charge in [0.15, 0.2) is 0 Å². The lowest BCUT2D eigenvalue weighted by molar-refractivity contribution is -0.115. The molecular formula is C23H20ClN3O2S2. The number of fused-ring (bicyclic) bond motifs is 1. The molecule has 2 aromatic heterocycles. The van der Waals surface area contributed by atoms with Crippen molar-refractivity contribution in [2.24, 2.45) is 0 Å². The second-order valence-corrected chi connectivity index (χ2v) is 9.59. The van der Waals surface area contributed by atoms with Gasteiger partial charge in [0.05, 0.1) is 12.1 Å². The molecule has 8 heteroatoms. The zero-order valence-corrected chi connectivity index (χ0v) is 19.6. The molecule has 0 radical (unpaired) electrons. The van der Waals surface area contributed by atoms with Gasteiger partial charge in [0.2, 0.25) is 5.91 Å². The highest BCUT2D eigenvalue weighted by molar-refractivity contribution is 8.00. The number of aromatic nitrogens is 2. The smallest absolute Gasteiger partial charge is 0.242 e. The van der Waals surface area contributed by atoms with E-state index in [0.717, 1.165) is 26.4 Å². The van der Waals surface area contributed by atoms with Crippen LogP contribution in [0.4, 0.5) is 5.69 Å². The highest BCUT2D eigenvalue weighted by atomic mass is 35.5. The summed E-state index contributed by atoms with van der Waals surface area (Å²) in [5.41, 5.74) is 2.64. The van der Waals surface area contributed by atoms with Crippen LogP contribution in [0.25, 0.3) is 10.2 Å². The molecule has 0 fully saturated rings. The van der Waals surface area contributed by atoms with Crippen molar-refractivity contribution >= 4 is 56.5 Å². The minimum absolute atomic E-state index is 0.159. The van der Waals surface area contributed by atoms with Crippen LogP contribution < -0.4 is 10.1 Å². The van der Waals surface area contributed by atoms with Crippen molar-refractivity contribution in [2.45, 2.75) is 24.1 Å². The summed E-state index contributed by atoms with van der Waals surface area (Å²) in [5.74, 6) is 0.397. The van der Waals surface area contributed by atoms with Crippen molar-refractivity contribution in [3.05, 3.63) is 75.9 Å². The number of methoxy groups -OCH3 is 1. The number of nitrogens with one attached hydrogen (secondary N) is 1. The van der Waals surface area contributed by atoms with Gasteiger partial charge in [-0.2, -0.15) is 0 Å². The molecule has 0 spiro atoms. The molecule has 158 valence electrons. The predicted octanol–water partition coefficient (Wildman–Crippen LogP) is 6.44. The third-order valence-corrected chi connectivity index (χ3v) is 7.59. The minimum atomic E-state index is -0.500. The Labute approximate surface area is 193 Å². The summed E-state index contributed by atoms with van der Waals surface area (Å²) in [7, 11) is 1.55. The number of halogens is 1. The second kappa shape index (κ2) is 9.26. The maximum Gasteiger partial charge on any atom is 0.242 e. The topological polar surface area (TPSA) is 64.1 Å². The van der Waals surface area contributed by atoms with E-state index in [2.05, 4.69) is 29.1 Å². The molecule has 1 amide bonds. The van der Waals surface area contributed by atoms with Crippen LogP contribution in [0.15, 0.2) is 59.9 Å². The van der Waals surface area contributed by atoms with E-state index >= 15 is 0 Å². The van der Waals surface area contributed by atoms with Gasteiger partial charge >= 0.3 is 0 Å². The Bertz CT molecular complexity index is 1240. The molecule has 1 N–H and O–H groups in total. The summed E-state index contributed by atoms with van der Waals surface area (Å²) >= 11 is 9.29. The first-order valence-electron chi connectivity index (χ1n) is 9.54. The molecule has 2 aromatic carbocycles. The fraction of sp³-hybridized carbons (Fsp3) is 0.174. The van der Waals surface area contributed by atoms with Crippen molar-refractivity contribution < 1.29 is 9.53 Å². The van der Waals surface area contributed by atoms with Crippen LogP contribution in [0.2, 0.25) is 5.02 Å². The first-order valence-corrected chi connectivity index (χ1v) is 11.6. The van der Waals surface area contributed by atoms with Gasteiger partial charge < -0.3 is 10.1 Å². The molecule has 1 atom stereocenters. The van der Waals surface area contributed by atoms with Gasteiger partial charge in [-0.05, 0) is 43.2 Å². The van der Waals surface area contributed by atoms with Crippen LogP contribution in [0, 0.1) is 13.8 Å². The molecule has 0 saturated heterocycles. The van der Waals surface area contributed by atoms with Gasteiger partial charge in [0, 0.05) is 16.0 Å². The number of benzene rings is 2. The van der Waals surface area contributed by atoms with Gasteiger partial charge in [0.25, 0.3) is 0 Å². The Kier molecular flexibility index (Phi) is 6.46. The molecule has 5 nitrogen and oxygen atoms in total. The quantitative estimate of drug-likeness (QED) is 0.260. The number of ether oxygens (including phenoxy) is 1. The fourth-order valence-corrected chi connectivity index (χ4v) is 5.68. The van der Waals surface area contributed by atoms with E-state index in [-0.39, 0.29) is 5.91 Å². The lowest BCUT2D eigenvalue weighted by atomic mass is 10.1. The number of carbonyl (C=O) groups excluding carboxylic acids is 1. The van der Waals surface area contributed by atoms with E-state index in [9.17, 15) is 4.79 Å². The lowest BCUT2D eigenvalue weighted by Gasteiger charge is -2.17. The highest BCUT2D eigenvalue weighted by Crippen LogP contribution is 2.41. The summed E-state index contributed by atoms with van der Waals surface area (Å²) in [6.45, 7) is 4.14. The zero-order valence-electron chi connectivity index (χ0n) is 17.2. The summed E-state index contributed by atoms with van der Waals surface area (Å²) in [5, 5.41) is 4.72. The van der Waals surface area contributed by atoms with Crippen molar-refractivity contribution in [1.82, 2.24) is 9.97 Å². The number of thiophene rings is 1. The van der Waals surface area contributed by atoms with E-state index in [1.807, 2.05) is 30.3 Å². The van der Waals surface area contributed by atoms with Crippen LogP contribution in [0.3, 0.4) is 0 Å². The Hall–Kier alpha value is -2.61. The first-order chi connectivity index (χ1) is 15.0. The van der Waals surface area contributed by atoms with Crippen LogP contribution >= 0.6 is 34.7 Å². The minimum Gasteiger partial charge on any atom is -0.495 e. The second-order valence-electron chi connectivity index (χ2n) is 6.89. The Morgan fingerprint density at radius 1 is 1.16 bits per heavy atom. The van der Waals surface area contributed by atoms with E-state index in [1.165, 1.54) is 16.6 Å². The summed E-state index contributed by atoms with van der Waals surface area (Å²) in [4.78, 5) is 24.4. The molecule has 4 rings (SSSR count). The average molecular weight is 470 g/mol. The van der Waals surface area contributed by atoms with Gasteiger partial charge in [-0.1, -0.05) is 53.7 Å². The number of nitrogens with zero attached hydrogens (tertiary/aromatic N) is 2. The Morgan fingerprint density at radius 2 is 1.94 bits per heavy atom. The number of amides is 1. The number of rotatable bonds is 6. The van der Waals surface area contributed by atoms with Gasteiger partial charge in [-0.15, -0.1) is 11.3 Å². The lowest BCUT2D eigenvalue weighted by Crippen LogP contribution is -2.19. The van der Waals surface area contributed by atoms with Crippen LogP contribution in [-0.2, 0) is 4.79 Å². The van der Waals surface area contributed by atoms with Gasteiger partial charge in [-0.25, -0.2) is 9.97 Å². The number of thioether (sulfide) groups is 1. The number of hydrogen-bond acceptors (Lipinski definition) is 6. The average Bonchev–Trinajstić information content (AvgIpc) is 3.07. The fourth-order valence-electron chi connectivity index (χ4n) is 3.20. The van der Waals surface area contributed by atoms with Crippen molar-refractivity contribution in [1.29, 1.82) is 0 Å². The van der Waals surface area contributed by atoms with Crippen molar-refractivity contribution in [3.63, 3.8) is 0 Å². The van der Waals surface area contributed by atoms with E-state index < -0.39 is 5.25 Å². The summed E-state index contributed by atoms with van der Waals surface area (Å²) in [6.07, 6.45) is 1.56. The van der Waals surface area contributed by atoms with Crippen molar-refractivity contribution in [3.8, 4) is 5.75 Å². The maximum absolute atomic E-state index is 13.4. The van der Waals surface area contributed by atoms with Gasteiger partial charge in [-0.3, -0.25) is 4.79 Å². The van der Waals surface area contributed by atoms with Crippen LogP contribution in [0.1, 0.15) is 21.3 Å². The van der Waals surface area contributed by atoms with Crippen molar-refractivity contribution in [2.75, 3.05) is 12.4 Å². The molecule has 0 aliphatic rings. The zero-order chi connectivity index (χ0) is 22.0. The number of hydrogen-bond donors (Lipinski definition) is 1. The predicted molar refractivity (Wildman–Crippen MR) is 129 cm³/mol. The standard InChI is InChI=1S/C23H20ClN3O2S2/c1-13-14(2)30-22-19(13)23(26-12-25-22)31-20(15-7-5-4-6-8-15)21(28)27-16-9-10-18(29-3)17(24)11-16/h4-12,20H,1-3H3,(H,27,28)/t20-/m0/s1. The molecule has 0 saturated carbocycles. The van der Waals surface area contributed by atoms with E-state index in [4.69, 9.17) is 16.3 Å². The molecule has 0 aliphatic carbocycles. The maximum atomic E-state index is 13.4. The molecule has 2 heterocycles. The van der Waals surface area contributed by atoms with Crippen LogP contribution in [-0.4, -0.2) is 23.0 Å². The first kappa shape index (κ1) is 21.6. The monoisotopic (exact) mass is 469 g/mol. The molecule has 0 bridgehead atoms. The molecule has 4 aromatic rings. The van der Waals surface area contributed by atoms with E-state index in [0.29, 0.717) is 16.5 Å². The SMILES string of the molecule is COc1ccc(NC(=O)[C@@H](Sc2ncnc3sc(C)c(C)c23)c2ccccc2)cc1Cl. The van der Waals surface area contributed by atoms with Gasteiger partial charge in [0.1, 0.15) is 27.2 Å². The largest absolute Gasteiger partial charge is 0.495 e. The summed E-state index contributed by atoms with van der Waals surface area (Å²) < 4.78 is 5.19. The molecular weight excluding hydrogens is 450 g/mol. The normalized spacial score (nSPS) is 12.0. The number of carbonyl (C=O) groups is 1. The molecule has 0 aliphatic heterocycles. The Morgan fingerprint density at radius 3 is 2.65 bits per heavy atom. The summed E-state index contributed by atoms with van der Waals surface area (Å²) in [6, 6.07) is 14.9. The third-order valence-electron chi connectivity index (χ3n) is 4.92. The van der Waals surface area contributed by atoms with Crippen LogP contribution in [0.5, 0.6) is 5.75 Å². The number of aryl methyl sites for hydroxylation is 2.